The van der Waals surface area contributed by atoms with E-state index in [0.717, 1.165) is 6.42 Å². The van der Waals surface area contributed by atoms with E-state index in [1.165, 1.54) is 5.69 Å². The monoisotopic (exact) mass is 245 g/mol. The normalized spacial score (nSPS) is 30.1. The Hall–Kier alpha value is -1.28. The first-order valence-corrected chi connectivity index (χ1v) is 6.51. The van der Waals surface area contributed by atoms with Crippen LogP contribution >= 0.6 is 0 Å². The van der Waals surface area contributed by atoms with Gasteiger partial charge in [0, 0.05) is 18.8 Å². The molecule has 0 radical (unpaired) electrons. The maximum atomic E-state index is 5.60. The van der Waals surface area contributed by atoms with Crippen LogP contribution < -0.4 is 5.32 Å². The molecule has 0 saturated carbocycles. The summed E-state index contributed by atoms with van der Waals surface area (Å²) in [6, 6.07) is 10.7. The third-order valence-electron chi connectivity index (χ3n) is 3.85. The van der Waals surface area contributed by atoms with Crippen LogP contribution in [0.1, 0.15) is 27.2 Å². The van der Waals surface area contributed by atoms with Gasteiger partial charge in [0.2, 0.25) is 0 Å². The fourth-order valence-corrected chi connectivity index (χ4v) is 2.73. The summed E-state index contributed by atoms with van der Waals surface area (Å²) in [4.78, 5) is 0. The van der Waals surface area contributed by atoms with Crippen molar-refractivity contribution in [2.45, 2.75) is 38.8 Å². The number of benzene rings is 1. The number of hydrogen-bond donors (Lipinski definition) is 1. The van der Waals surface area contributed by atoms with Crippen molar-refractivity contribution in [1.29, 1.82) is 0 Å². The molecular weight excluding hydrogens is 222 g/mol. The van der Waals surface area contributed by atoms with Gasteiger partial charge in [-0.1, -0.05) is 44.2 Å². The first kappa shape index (κ1) is 13.2. The van der Waals surface area contributed by atoms with Gasteiger partial charge in [-0.15, -0.1) is 0 Å². The Labute approximate surface area is 110 Å². The lowest BCUT2D eigenvalue weighted by Crippen LogP contribution is -2.45. The number of rotatable bonds is 3. The molecule has 0 spiro atoms. The van der Waals surface area contributed by atoms with E-state index >= 15 is 0 Å². The van der Waals surface area contributed by atoms with Crippen LogP contribution in [0.15, 0.2) is 42.5 Å². The zero-order valence-corrected chi connectivity index (χ0v) is 11.7. The third kappa shape index (κ3) is 2.75. The topological polar surface area (TPSA) is 21.3 Å². The molecule has 1 aliphatic carbocycles. The molecule has 0 amide bonds. The van der Waals surface area contributed by atoms with E-state index in [0.29, 0.717) is 6.04 Å². The van der Waals surface area contributed by atoms with Gasteiger partial charge < -0.3 is 10.1 Å². The van der Waals surface area contributed by atoms with Crippen molar-refractivity contribution in [1.82, 2.24) is 0 Å². The number of anilines is 1. The van der Waals surface area contributed by atoms with Crippen LogP contribution in [0, 0.1) is 5.41 Å². The summed E-state index contributed by atoms with van der Waals surface area (Å²) < 4.78 is 5.60. The highest BCUT2D eigenvalue weighted by Crippen LogP contribution is 2.39. The third-order valence-corrected chi connectivity index (χ3v) is 3.85. The molecule has 1 aliphatic rings. The van der Waals surface area contributed by atoms with Crippen molar-refractivity contribution in [3.8, 4) is 0 Å². The Morgan fingerprint density at radius 1 is 1.17 bits per heavy atom. The van der Waals surface area contributed by atoms with Crippen LogP contribution in [0.4, 0.5) is 5.69 Å². The van der Waals surface area contributed by atoms with Gasteiger partial charge in [0.25, 0.3) is 0 Å². The van der Waals surface area contributed by atoms with Crippen molar-refractivity contribution >= 4 is 5.69 Å². The summed E-state index contributed by atoms with van der Waals surface area (Å²) in [6.07, 6.45) is 5.43. The van der Waals surface area contributed by atoms with Crippen LogP contribution in [0.2, 0.25) is 0 Å². The molecule has 0 saturated heterocycles. The quantitative estimate of drug-likeness (QED) is 0.816. The molecule has 1 aromatic carbocycles. The van der Waals surface area contributed by atoms with Gasteiger partial charge >= 0.3 is 0 Å². The molecule has 2 atom stereocenters. The second-order valence-corrected chi connectivity index (χ2v) is 6.03. The molecule has 2 rings (SSSR count). The van der Waals surface area contributed by atoms with Gasteiger partial charge in [0.05, 0.1) is 5.60 Å². The molecular formula is C16H23NO. The second kappa shape index (κ2) is 4.77. The molecule has 98 valence electrons. The van der Waals surface area contributed by atoms with Crippen LogP contribution in [0.25, 0.3) is 0 Å². The number of ether oxygens (including phenoxy) is 1. The smallest absolute Gasteiger partial charge is 0.0837 e. The maximum absolute atomic E-state index is 5.60. The van der Waals surface area contributed by atoms with Crippen molar-refractivity contribution in [3.63, 3.8) is 0 Å². The number of para-hydroxylation sites is 1. The van der Waals surface area contributed by atoms with Crippen LogP contribution in [0.3, 0.4) is 0 Å². The first-order valence-electron chi connectivity index (χ1n) is 6.51. The summed E-state index contributed by atoms with van der Waals surface area (Å²) in [5, 5.41) is 3.59. The molecule has 0 aliphatic heterocycles. The highest BCUT2D eigenvalue weighted by Gasteiger charge is 2.39. The SMILES string of the molecule is CO[C@@]1(C)C=C[C@@H](Nc2ccccc2)C(C)(C)C1. The van der Waals surface area contributed by atoms with Crippen molar-refractivity contribution in [3.05, 3.63) is 42.5 Å². The van der Waals surface area contributed by atoms with Crippen LogP contribution in [-0.2, 0) is 4.74 Å². The Morgan fingerprint density at radius 2 is 1.83 bits per heavy atom. The first-order chi connectivity index (χ1) is 8.45. The lowest BCUT2D eigenvalue weighted by atomic mass is 9.71. The van der Waals surface area contributed by atoms with Crippen molar-refractivity contribution in [2.75, 3.05) is 12.4 Å². The largest absolute Gasteiger partial charge is 0.378 e. The van der Waals surface area contributed by atoms with Gasteiger partial charge in [0.15, 0.2) is 0 Å². The Morgan fingerprint density at radius 3 is 2.39 bits per heavy atom. The zero-order chi connectivity index (χ0) is 13.2. The average molecular weight is 245 g/mol. The molecule has 2 heteroatoms. The van der Waals surface area contributed by atoms with Crippen molar-refractivity contribution in [2.24, 2.45) is 5.41 Å². The second-order valence-electron chi connectivity index (χ2n) is 6.03. The van der Waals surface area contributed by atoms with Gasteiger partial charge in [-0.05, 0) is 30.9 Å². The van der Waals surface area contributed by atoms with Gasteiger partial charge in [-0.2, -0.15) is 0 Å². The minimum Gasteiger partial charge on any atom is -0.378 e. The fourth-order valence-electron chi connectivity index (χ4n) is 2.73. The molecule has 2 nitrogen and oxygen atoms in total. The number of nitrogens with one attached hydrogen (secondary N) is 1. The Kier molecular flexibility index (Phi) is 3.49. The standard InChI is InChI=1S/C16H23NO/c1-15(2)12-16(3,18-4)11-10-14(15)17-13-8-6-5-7-9-13/h5-11,14,17H,12H2,1-4H3/t14-,16+/m1/s1. The predicted molar refractivity (Wildman–Crippen MR) is 76.8 cm³/mol. The van der Waals surface area contributed by atoms with E-state index in [-0.39, 0.29) is 11.0 Å². The van der Waals surface area contributed by atoms with E-state index in [4.69, 9.17) is 4.74 Å². The molecule has 1 N–H and O–H groups in total. The Balaban J connectivity index is 2.17. The Bertz CT molecular complexity index is 424. The lowest BCUT2D eigenvalue weighted by Gasteiger charge is -2.43. The summed E-state index contributed by atoms with van der Waals surface area (Å²) in [7, 11) is 1.78. The van der Waals surface area contributed by atoms with E-state index in [9.17, 15) is 0 Å². The van der Waals surface area contributed by atoms with E-state index in [1.807, 2.05) is 6.07 Å². The summed E-state index contributed by atoms with van der Waals surface area (Å²) in [6.45, 7) is 6.72. The predicted octanol–water partition coefficient (Wildman–Crippen LogP) is 3.86. The molecule has 0 aromatic heterocycles. The summed E-state index contributed by atoms with van der Waals surface area (Å²) in [5.74, 6) is 0. The summed E-state index contributed by atoms with van der Waals surface area (Å²) in [5.41, 5.74) is 1.19. The van der Waals surface area contributed by atoms with E-state index in [1.54, 1.807) is 7.11 Å². The van der Waals surface area contributed by atoms with Crippen LogP contribution in [-0.4, -0.2) is 18.8 Å². The minimum atomic E-state index is -0.141. The van der Waals surface area contributed by atoms with Gasteiger partial charge in [-0.25, -0.2) is 0 Å². The average Bonchev–Trinajstić information content (AvgIpc) is 2.34. The highest BCUT2D eigenvalue weighted by atomic mass is 16.5. The van der Waals surface area contributed by atoms with Gasteiger partial charge in [0.1, 0.15) is 0 Å². The maximum Gasteiger partial charge on any atom is 0.0837 e. The van der Waals surface area contributed by atoms with Gasteiger partial charge in [-0.3, -0.25) is 0 Å². The lowest BCUT2D eigenvalue weighted by molar-refractivity contribution is 0.00211. The van der Waals surface area contributed by atoms with Crippen LogP contribution in [0.5, 0.6) is 0 Å². The number of hydrogen-bond acceptors (Lipinski definition) is 2. The molecule has 0 bridgehead atoms. The van der Waals surface area contributed by atoms with E-state index in [2.05, 4.69) is 62.5 Å². The summed E-state index contributed by atoms with van der Waals surface area (Å²) >= 11 is 0. The zero-order valence-electron chi connectivity index (χ0n) is 11.7. The molecule has 0 unspecified atom stereocenters. The fraction of sp³-hybridized carbons (Fsp3) is 0.500. The molecule has 0 fully saturated rings. The minimum absolute atomic E-state index is 0.141. The van der Waals surface area contributed by atoms with E-state index < -0.39 is 0 Å². The number of methoxy groups -OCH3 is 1. The molecule has 1 aromatic rings. The highest BCUT2D eigenvalue weighted by molar-refractivity contribution is 5.45. The van der Waals surface area contributed by atoms with Crippen molar-refractivity contribution < 1.29 is 4.74 Å². The molecule has 18 heavy (non-hydrogen) atoms. The molecule has 0 heterocycles.